The van der Waals surface area contributed by atoms with Crippen molar-refractivity contribution >= 4 is 15.9 Å². The second-order valence-electron chi connectivity index (χ2n) is 5.68. The molecule has 2 heterocycles. The average Bonchev–Trinajstić information content (AvgIpc) is 3.23. The molecule has 0 spiro atoms. The summed E-state index contributed by atoms with van der Waals surface area (Å²) in [7, 11) is 0. The summed E-state index contributed by atoms with van der Waals surface area (Å²) in [5.41, 5.74) is 4.38. The van der Waals surface area contributed by atoms with Crippen LogP contribution in [0.3, 0.4) is 0 Å². The van der Waals surface area contributed by atoms with Gasteiger partial charge in [0.1, 0.15) is 0 Å². The van der Waals surface area contributed by atoms with Crippen LogP contribution in [0.15, 0.2) is 57.5 Å². The Labute approximate surface area is 152 Å². The molecular weight excluding hydrogens is 382 g/mol. The fraction of sp³-hybridized carbons (Fsp3) is 0.111. The Morgan fingerprint density at radius 2 is 1.76 bits per heavy atom. The first-order valence-corrected chi connectivity index (χ1v) is 8.51. The lowest BCUT2D eigenvalue weighted by Gasteiger charge is -2.04. The Bertz CT molecular complexity index is 1040. The Morgan fingerprint density at radius 1 is 1.00 bits per heavy atom. The Morgan fingerprint density at radius 3 is 2.52 bits per heavy atom. The van der Waals surface area contributed by atoms with Gasteiger partial charge in [-0.25, -0.2) is 4.68 Å². The summed E-state index contributed by atoms with van der Waals surface area (Å²) in [6.07, 6.45) is 0. The molecule has 6 nitrogen and oxygen atoms in total. The smallest absolute Gasteiger partial charge is 0.280 e. The first-order chi connectivity index (χ1) is 12.1. The summed E-state index contributed by atoms with van der Waals surface area (Å²) < 4.78 is 8.08. The quantitative estimate of drug-likeness (QED) is 0.515. The summed E-state index contributed by atoms with van der Waals surface area (Å²) in [4.78, 5) is 4.47. The highest BCUT2D eigenvalue weighted by atomic mass is 79.9. The molecular formula is C18H14BrN5O. The van der Waals surface area contributed by atoms with E-state index in [0.29, 0.717) is 17.4 Å². The standard InChI is InChI=1S/C18H14BrN5O/c1-11-7-9-13(10-8-11)17-20-18(25-22-17)16-12(2)24(23-21-16)15-6-4-3-5-14(15)19/h3-10H,1-2H3. The van der Waals surface area contributed by atoms with Crippen molar-refractivity contribution < 1.29 is 4.52 Å². The van der Waals surface area contributed by atoms with E-state index in [0.717, 1.165) is 21.4 Å². The number of hydrogen-bond donors (Lipinski definition) is 0. The predicted octanol–water partition coefficient (Wildman–Crippen LogP) is 4.36. The van der Waals surface area contributed by atoms with Crippen molar-refractivity contribution in [2.75, 3.05) is 0 Å². The molecule has 2 aromatic carbocycles. The van der Waals surface area contributed by atoms with Gasteiger partial charge in [-0.2, -0.15) is 4.98 Å². The minimum Gasteiger partial charge on any atom is -0.332 e. The highest BCUT2D eigenvalue weighted by molar-refractivity contribution is 9.10. The van der Waals surface area contributed by atoms with Crippen LogP contribution in [0, 0.1) is 13.8 Å². The lowest BCUT2D eigenvalue weighted by atomic mass is 10.1. The highest BCUT2D eigenvalue weighted by Gasteiger charge is 2.19. The van der Waals surface area contributed by atoms with Gasteiger partial charge in [-0.05, 0) is 41.9 Å². The maximum atomic E-state index is 5.41. The minimum absolute atomic E-state index is 0.353. The van der Waals surface area contributed by atoms with Gasteiger partial charge in [0.05, 0.1) is 11.4 Å². The van der Waals surface area contributed by atoms with E-state index in [1.54, 1.807) is 4.68 Å². The summed E-state index contributed by atoms with van der Waals surface area (Å²) in [5, 5.41) is 12.5. The molecule has 0 radical (unpaired) electrons. The molecule has 0 aliphatic rings. The molecule has 0 bridgehead atoms. The van der Waals surface area contributed by atoms with Crippen LogP contribution in [0.25, 0.3) is 28.7 Å². The summed E-state index contributed by atoms with van der Waals surface area (Å²) in [6, 6.07) is 15.8. The van der Waals surface area contributed by atoms with Crippen molar-refractivity contribution in [2.45, 2.75) is 13.8 Å². The third kappa shape index (κ3) is 2.87. The van der Waals surface area contributed by atoms with Gasteiger partial charge < -0.3 is 4.52 Å². The molecule has 0 saturated heterocycles. The van der Waals surface area contributed by atoms with Crippen molar-refractivity contribution in [1.29, 1.82) is 0 Å². The molecule has 25 heavy (non-hydrogen) atoms. The van der Waals surface area contributed by atoms with Crippen molar-refractivity contribution in [3.63, 3.8) is 0 Å². The number of aryl methyl sites for hydroxylation is 1. The second kappa shape index (κ2) is 6.25. The normalized spacial score (nSPS) is 11.0. The zero-order valence-corrected chi connectivity index (χ0v) is 15.2. The van der Waals surface area contributed by atoms with Gasteiger partial charge in [0, 0.05) is 10.0 Å². The molecule has 0 atom stereocenters. The largest absolute Gasteiger partial charge is 0.332 e. The first kappa shape index (κ1) is 15.7. The predicted molar refractivity (Wildman–Crippen MR) is 97.3 cm³/mol. The molecule has 0 fully saturated rings. The van der Waals surface area contributed by atoms with Gasteiger partial charge in [0.25, 0.3) is 5.89 Å². The third-order valence-electron chi connectivity index (χ3n) is 3.91. The number of rotatable bonds is 3. The van der Waals surface area contributed by atoms with E-state index >= 15 is 0 Å². The molecule has 4 aromatic rings. The fourth-order valence-corrected chi connectivity index (χ4v) is 2.97. The van der Waals surface area contributed by atoms with E-state index in [9.17, 15) is 0 Å². The van der Waals surface area contributed by atoms with E-state index in [1.165, 1.54) is 5.56 Å². The van der Waals surface area contributed by atoms with E-state index in [2.05, 4.69) is 36.4 Å². The zero-order chi connectivity index (χ0) is 17.4. The molecule has 0 aliphatic heterocycles. The van der Waals surface area contributed by atoms with Crippen LogP contribution in [0.4, 0.5) is 0 Å². The monoisotopic (exact) mass is 395 g/mol. The van der Waals surface area contributed by atoms with Crippen LogP contribution in [0.2, 0.25) is 0 Å². The molecule has 124 valence electrons. The molecule has 4 rings (SSSR count). The van der Waals surface area contributed by atoms with Crippen LogP contribution in [-0.2, 0) is 0 Å². The topological polar surface area (TPSA) is 69.6 Å². The van der Waals surface area contributed by atoms with E-state index in [4.69, 9.17) is 4.52 Å². The van der Waals surface area contributed by atoms with Gasteiger partial charge in [0.15, 0.2) is 5.69 Å². The summed E-state index contributed by atoms with van der Waals surface area (Å²) in [6.45, 7) is 3.96. The average molecular weight is 396 g/mol. The van der Waals surface area contributed by atoms with Gasteiger partial charge in [-0.15, -0.1) is 5.10 Å². The second-order valence-corrected chi connectivity index (χ2v) is 6.53. The molecule has 2 aromatic heterocycles. The summed E-state index contributed by atoms with van der Waals surface area (Å²) in [5.74, 6) is 0.885. The van der Waals surface area contributed by atoms with Crippen LogP contribution >= 0.6 is 15.9 Å². The molecule has 0 saturated carbocycles. The van der Waals surface area contributed by atoms with E-state index < -0.39 is 0 Å². The van der Waals surface area contributed by atoms with Crippen LogP contribution in [0.1, 0.15) is 11.3 Å². The molecule has 0 amide bonds. The van der Waals surface area contributed by atoms with Gasteiger partial charge in [-0.1, -0.05) is 52.3 Å². The number of hydrogen-bond acceptors (Lipinski definition) is 5. The van der Waals surface area contributed by atoms with Crippen molar-refractivity contribution in [1.82, 2.24) is 25.1 Å². The molecule has 7 heteroatoms. The number of benzene rings is 2. The van der Waals surface area contributed by atoms with E-state index in [-0.39, 0.29) is 0 Å². The number of nitrogens with zero attached hydrogens (tertiary/aromatic N) is 5. The minimum atomic E-state index is 0.353. The van der Waals surface area contributed by atoms with Gasteiger partial charge in [0.2, 0.25) is 5.82 Å². The van der Waals surface area contributed by atoms with Crippen molar-refractivity contribution in [2.24, 2.45) is 0 Å². The first-order valence-electron chi connectivity index (χ1n) is 7.72. The van der Waals surface area contributed by atoms with Crippen LogP contribution in [0.5, 0.6) is 0 Å². The maximum absolute atomic E-state index is 5.41. The van der Waals surface area contributed by atoms with Crippen molar-refractivity contribution in [3.8, 4) is 28.7 Å². The lowest BCUT2D eigenvalue weighted by molar-refractivity contribution is 0.430. The lowest BCUT2D eigenvalue weighted by Crippen LogP contribution is -1.99. The highest BCUT2D eigenvalue weighted by Crippen LogP contribution is 2.27. The number of halogens is 1. The fourth-order valence-electron chi connectivity index (χ4n) is 2.52. The molecule has 0 unspecified atom stereocenters. The Kier molecular flexibility index (Phi) is 3.93. The number of para-hydroxylation sites is 1. The Hall–Kier alpha value is -2.80. The van der Waals surface area contributed by atoms with Crippen molar-refractivity contribution in [3.05, 3.63) is 64.3 Å². The number of aromatic nitrogens is 5. The zero-order valence-electron chi connectivity index (χ0n) is 13.6. The molecule has 0 N–H and O–H groups in total. The van der Waals surface area contributed by atoms with Crippen LogP contribution < -0.4 is 0 Å². The summed E-state index contributed by atoms with van der Waals surface area (Å²) >= 11 is 3.53. The maximum Gasteiger partial charge on any atom is 0.280 e. The third-order valence-corrected chi connectivity index (χ3v) is 4.58. The van der Waals surface area contributed by atoms with Gasteiger partial charge in [-0.3, -0.25) is 0 Å². The molecule has 0 aliphatic carbocycles. The Balaban J connectivity index is 1.72. The SMILES string of the molecule is Cc1ccc(-c2noc(-c3nnn(-c4ccccc4Br)c3C)n2)cc1. The van der Waals surface area contributed by atoms with Crippen LogP contribution in [-0.4, -0.2) is 25.1 Å². The van der Waals surface area contributed by atoms with E-state index in [1.807, 2.05) is 62.4 Å². The van der Waals surface area contributed by atoms with Gasteiger partial charge >= 0.3 is 0 Å².